The number of hydrogen-bond donors (Lipinski definition) is 0. The van der Waals surface area contributed by atoms with Gasteiger partial charge in [0.2, 0.25) is 0 Å². The van der Waals surface area contributed by atoms with E-state index in [1.54, 1.807) is 17.4 Å². The molecule has 0 unspecified atom stereocenters. The van der Waals surface area contributed by atoms with Gasteiger partial charge in [0.15, 0.2) is 0 Å². The molecule has 2 aromatic carbocycles. The van der Waals surface area contributed by atoms with E-state index in [4.69, 9.17) is 0 Å². The van der Waals surface area contributed by atoms with E-state index in [1.807, 2.05) is 90.9 Å². The number of para-hydroxylation sites is 1. The molecule has 0 aliphatic rings. The van der Waals surface area contributed by atoms with Crippen molar-refractivity contribution < 1.29 is 4.79 Å². The van der Waals surface area contributed by atoms with Gasteiger partial charge in [0.1, 0.15) is 0 Å². The molecule has 2 aromatic heterocycles. The first kappa shape index (κ1) is 18.7. The molecule has 1 amide bonds. The molecule has 0 N–H and O–H groups in total. The molecule has 0 spiro atoms. The summed E-state index contributed by atoms with van der Waals surface area (Å²) in [4.78, 5) is 18.7. The van der Waals surface area contributed by atoms with Crippen LogP contribution < -0.4 is 0 Å². The van der Waals surface area contributed by atoms with Gasteiger partial charge in [0, 0.05) is 48.5 Å². The molecule has 29 heavy (non-hydrogen) atoms. The lowest BCUT2D eigenvalue weighted by atomic mass is 10.1. The van der Waals surface area contributed by atoms with Crippen molar-refractivity contribution in [3.05, 3.63) is 95.8 Å². The van der Waals surface area contributed by atoms with Crippen molar-refractivity contribution in [1.29, 1.82) is 0 Å². The average molecular weight is 385 g/mol. The van der Waals surface area contributed by atoms with Crippen LogP contribution in [0.25, 0.3) is 11.4 Å². The Bertz CT molecular complexity index is 1110. The summed E-state index contributed by atoms with van der Waals surface area (Å²) in [6, 6.07) is 17.6. The predicted octanol–water partition coefficient (Wildman–Crippen LogP) is 3.95. The lowest BCUT2D eigenvalue weighted by molar-refractivity contribution is 0.0785. The molecule has 4 rings (SSSR count). The van der Waals surface area contributed by atoms with Crippen molar-refractivity contribution in [2.45, 2.75) is 20.4 Å². The maximum absolute atomic E-state index is 12.9. The third kappa shape index (κ3) is 3.69. The van der Waals surface area contributed by atoms with Crippen LogP contribution in [-0.4, -0.2) is 37.2 Å². The lowest BCUT2D eigenvalue weighted by Crippen LogP contribution is -2.26. The van der Waals surface area contributed by atoms with E-state index in [1.165, 1.54) is 0 Å². The van der Waals surface area contributed by atoms with Gasteiger partial charge in [-0.05, 0) is 50.2 Å². The molecule has 0 saturated heterocycles. The van der Waals surface area contributed by atoms with E-state index in [2.05, 4.69) is 10.1 Å². The molecule has 2 heterocycles. The highest BCUT2D eigenvalue weighted by Gasteiger charge is 2.18. The van der Waals surface area contributed by atoms with Crippen LogP contribution in [-0.2, 0) is 6.54 Å². The number of carbonyl (C=O) groups is 1. The second-order valence-corrected chi connectivity index (χ2v) is 7.07. The van der Waals surface area contributed by atoms with Crippen LogP contribution in [0.5, 0.6) is 0 Å². The molecule has 0 aliphatic carbocycles. The van der Waals surface area contributed by atoms with Crippen LogP contribution in [0.15, 0.2) is 73.3 Å². The van der Waals surface area contributed by atoms with Crippen LogP contribution >= 0.6 is 0 Å². The molecule has 146 valence electrons. The SMILES string of the molecule is Cc1nn(-c2ccccc2)c(C)c1CN(C)C(=O)c1ccc(-n2ccnc2)cc1. The number of aryl methyl sites for hydroxylation is 1. The zero-order valence-corrected chi connectivity index (χ0v) is 16.8. The maximum Gasteiger partial charge on any atom is 0.253 e. The third-order valence-corrected chi connectivity index (χ3v) is 5.10. The molecule has 0 aliphatic heterocycles. The van der Waals surface area contributed by atoms with Crippen LogP contribution in [0, 0.1) is 13.8 Å². The van der Waals surface area contributed by atoms with Gasteiger partial charge in [0.25, 0.3) is 5.91 Å². The third-order valence-electron chi connectivity index (χ3n) is 5.10. The summed E-state index contributed by atoms with van der Waals surface area (Å²) in [5, 5.41) is 4.68. The zero-order valence-electron chi connectivity index (χ0n) is 16.8. The second-order valence-electron chi connectivity index (χ2n) is 7.07. The Labute approximate surface area is 170 Å². The van der Waals surface area contributed by atoms with Crippen molar-refractivity contribution in [3.8, 4) is 11.4 Å². The van der Waals surface area contributed by atoms with Gasteiger partial charge in [-0.2, -0.15) is 5.10 Å². The molecule has 0 saturated carbocycles. The van der Waals surface area contributed by atoms with E-state index in [0.29, 0.717) is 12.1 Å². The van der Waals surface area contributed by atoms with E-state index in [-0.39, 0.29) is 5.91 Å². The largest absolute Gasteiger partial charge is 0.337 e. The molecule has 0 fully saturated rings. The minimum Gasteiger partial charge on any atom is -0.337 e. The average Bonchev–Trinajstić information content (AvgIpc) is 3.38. The molecule has 4 aromatic rings. The van der Waals surface area contributed by atoms with Gasteiger partial charge < -0.3 is 9.47 Å². The monoisotopic (exact) mass is 385 g/mol. The van der Waals surface area contributed by atoms with Crippen LogP contribution in [0.1, 0.15) is 27.3 Å². The summed E-state index contributed by atoms with van der Waals surface area (Å²) in [6.45, 7) is 4.53. The molecule has 0 atom stereocenters. The number of imidazole rings is 1. The first-order valence-corrected chi connectivity index (χ1v) is 9.49. The van der Waals surface area contributed by atoms with Crippen molar-refractivity contribution >= 4 is 5.91 Å². The van der Waals surface area contributed by atoms with Crippen molar-refractivity contribution in [2.75, 3.05) is 7.05 Å². The smallest absolute Gasteiger partial charge is 0.253 e. The van der Waals surface area contributed by atoms with Crippen LogP contribution in [0.3, 0.4) is 0 Å². The fourth-order valence-corrected chi connectivity index (χ4v) is 3.44. The Morgan fingerprint density at radius 1 is 1.00 bits per heavy atom. The molecule has 6 nitrogen and oxygen atoms in total. The van der Waals surface area contributed by atoms with Gasteiger partial charge in [-0.15, -0.1) is 0 Å². The van der Waals surface area contributed by atoms with Gasteiger partial charge in [-0.3, -0.25) is 4.79 Å². The topological polar surface area (TPSA) is 56.0 Å². The fourth-order valence-electron chi connectivity index (χ4n) is 3.44. The molecule has 6 heteroatoms. The summed E-state index contributed by atoms with van der Waals surface area (Å²) in [6.07, 6.45) is 5.34. The molecule has 0 radical (unpaired) electrons. The highest BCUT2D eigenvalue weighted by Crippen LogP contribution is 2.20. The molecular formula is C23H23N5O. The first-order valence-electron chi connectivity index (χ1n) is 9.49. The summed E-state index contributed by atoms with van der Waals surface area (Å²) >= 11 is 0. The number of rotatable bonds is 5. The fraction of sp³-hybridized carbons (Fsp3) is 0.174. The minimum absolute atomic E-state index is 0.0200. The first-order chi connectivity index (χ1) is 14.0. The number of hydrogen-bond acceptors (Lipinski definition) is 3. The van der Waals surface area contributed by atoms with E-state index in [9.17, 15) is 4.79 Å². The number of amides is 1. The van der Waals surface area contributed by atoms with Gasteiger partial charge in [0.05, 0.1) is 17.7 Å². The van der Waals surface area contributed by atoms with Crippen molar-refractivity contribution in [2.24, 2.45) is 0 Å². The number of nitrogens with zero attached hydrogens (tertiary/aromatic N) is 5. The summed E-state index contributed by atoms with van der Waals surface area (Å²) in [7, 11) is 1.82. The van der Waals surface area contributed by atoms with E-state index >= 15 is 0 Å². The standard InChI is InChI=1S/C23H23N5O/c1-17-22(18(2)28(25-17)21-7-5-4-6-8-21)15-26(3)23(29)19-9-11-20(12-10-19)27-14-13-24-16-27/h4-14,16H,15H2,1-3H3. The number of aromatic nitrogens is 4. The predicted molar refractivity (Wildman–Crippen MR) is 112 cm³/mol. The highest BCUT2D eigenvalue weighted by atomic mass is 16.2. The summed E-state index contributed by atoms with van der Waals surface area (Å²) < 4.78 is 3.84. The number of benzene rings is 2. The molecular weight excluding hydrogens is 362 g/mol. The Hall–Kier alpha value is -3.67. The van der Waals surface area contributed by atoms with Crippen molar-refractivity contribution in [1.82, 2.24) is 24.2 Å². The normalized spacial score (nSPS) is 10.9. The number of carbonyl (C=O) groups excluding carboxylic acids is 1. The Balaban J connectivity index is 1.53. The zero-order chi connectivity index (χ0) is 20.4. The Morgan fingerprint density at radius 2 is 1.72 bits per heavy atom. The Kier molecular flexibility index (Phi) is 4.99. The van der Waals surface area contributed by atoms with Crippen molar-refractivity contribution in [3.63, 3.8) is 0 Å². The second kappa shape index (κ2) is 7.75. The lowest BCUT2D eigenvalue weighted by Gasteiger charge is -2.18. The van der Waals surface area contributed by atoms with Crippen LogP contribution in [0.4, 0.5) is 0 Å². The van der Waals surface area contributed by atoms with Gasteiger partial charge >= 0.3 is 0 Å². The Morgan fingerprint density at radius 3 is 2.38 bits per heavy atom. The highest BCUT2D eigenvalue weighted by molar-refractivity contribution is 5.94. The van der Waals surface area contributed by atoms with Gasteiger partial charge in [-0.25, -0.2) is 9.67 Å². The summed E-state index contributed by atoms with van der Waals surface area (Å²) in [5.74, 6) is -0.0200. The van der Waals surface area contributed by atoms with E-state index in [0.717, 1.165) is 28.3 Å². The quantitative estimate of drug-likeness (QED) is 0.523. The minimum atomic E-state index is -0.0200. The maximum atomic E-state index is 12.9. The van der Waals surface area contributed by atoms with Crippen LogP contribution in [0.2, 0.25) is 0 Å². The summed E-state index contributed by atoms with van der Waals surface area (Å²) in [5.41, 5.74) is 5.69. The molecule has 0 bridgehead atoms. The van der Waals surface area contributed by atoms with E-state index < -0.39 is 0 Å². The van der Waals surface area contributed by atoms with Gasteiger partial charge in [-0.1, -0.05) is 18.2 Å².